The Labute approximate surface area is 178 Å². The van der Waals surface area contributed by atoms with Crippen LogP contribution in [0.5, 0.6) is 0 Å². The van der Waals surface area contributed by atoms with Crippen molar-refractivity contribution in [1.82, 2.24) is 10.2 Å². The monoisotopic (exact) mass is 420 g/mol. The highest BCUT2D eigenvalue weighted by molar-refractivity contribution is 6.31. The third-order valence-corrected chi connectivity index (χ3v) is 6.40. The number of piperidine rings is 1. The second-order valence-corrected chi connectivity index (χ2v) is 8.57. The smallest absolute Gasteiger partial charge is 0.217 e. The molecule has 0 radical (unpaired) electrons. The van der Waals surface area contributed by atoms with Gasteiger partial charge < -0.3 is 20.7 Å². The molecular formula is C22H33ClN4O2. The highest BCUT2D eigenvalue weighted by Crippen LogP contribution is 2.39. The summed E-state index contributed by atoms with van der Waals surface area (Å²) < 4.78 is 5.65. The molecule has 2 aliphatic rings. The number of hydrogen-bond acceptors (Lipinski definition) is 3. The largest absolute Gasteiger partial charge is 0.381 e. The molecule has 3 rings (SSSR count). The van der Waals surface area contributed by atoms with Crippen molar-refractivity contribution in [1.29, 1.82) is 0 Å². The molecular weight excluding hydrogens is 388 g/mol. The first-order chi connectivity index (χ1) is 14.0. The predicted molar refractivity (Wildman–Crippen MR) is 117 cm³/mol. The highest BCUT2D eigenvalue weighted by Gasteiger charge is 2.36. The number of nitrogens with zero attached hydrogens (tertiary/aromatic N) is 2. The zero-order valence-electron chi connectivity index (χ0n) is 17.3. The van der Waals surface area contributed by atoms with E-state index in [0.29, 0.717) is 18.9 Å². The summed E-state index contributed by atoms with van der Waals surface area (Å²) in [6.07, 6.45) is 4.34. The summed E-state index contributed by atoms with van der Waals surface area (Å²) in [7, 11) is 0. The standard InChI is InChI=1S/C22H33ClN4O2/c1-2-25-21(27-11-5-6-17(15-27)14-20(24)28)26-16-22(9-12-29-13-10-22)18-7-3-4-8-19(18)23/h3-4,7-8,17H,2,5-6,9-16H2,1H3,(H2,24,28)(H,25,26). The van der Waals surface area contributed by atoms with Crippen molar-refractivity contribution in [2.45, 2.75) is 44.4 Å². The zero-order chi connectivity index (χ0) is 20.7. The molecule has 0 spiro atoms. The second-order valence-electron chi connectivity index (χ2n) is 8.17. The average molecular weight is 421 g/mol. The maximum absolute atomic E-state index is 11.4. The van der Waals surface area contributed by atoms with Gasteiger partial charge in [0.2, 0.25) is 5.91 Å². The lowest BCUT2D eigenvalue weighted by Gasteiger charge is -2.38. The van der Waals surface area contributed by atoms with Crippen molar-refractivity contribution in [3.8, 4) is 0 Å². The quantitative estimate of drug-likeness (QED) is 0.547. The van der Waals surface area contributed by atoms with Crippen molar-refractivity contribution >= 4 is 23.5 Å². The van der Waals surface area contributed by atoms with E-state index >= 15 is 0 Å². The SMILES string of the molecule is CCNC(=NCC1(c2ccccc2Cl)CCOCC1)N1CCCC(CC(N)=O)C1. The predicted octanol–water partition coefficient (Wildman–Crippen LogP) is 2.94. The molecule has 0 bridgehead atoms. The molecule has 1 aromatic carbocycles. The maximum Gasteiger partial charge on any atom is 0.217 e. The van der Waals surface area contributed by atoms with Crippen LogP contribution in [0, 0.1) is 5.92 Å². The minimum atomic E-state index is -0.223. The number of carbonyl (C=O) groups is 1. The second kappa shape index (κ2) is 10.3. The van der Waals surface area contributed by atoms with Crippen LogP contribution >= 0.6 is 11.6 Å². The van der Waals surface area contributed by atoms with E-state index in [9.17, 15) is 4.79 Å². The van der Waals surface area contributed by atoms with Crippen LogP contribution in [-0.4, -0.2) is 56.2 Å². The van der Waals surface area contributed by atoms with E-state index in [0.717, 1.165) is 75.1 Å². The topological polar surface area (TPSA) is 80.0 Å². The van der Waals surface area contributed by atoms with E-state index in [1.807, 2.05) is 18.2 Å². The normalized spacial score (nSPS) is 22.3. The summed E-state index contributed by atoms with van der Waals surface area (Å²) in [4.78, 5) is 18.7. The summed E-state index contributed by atoms with van der Waals surface area (Å²) in [6, 6.07) is 8.10. The van der Waals surface area contributed by atoms with Crippen molar-refractivity contribution in [2.24, 2.45) is 16.6 Å². The molecule has 0 saturated carbocycles. The maximum atomic E-state index is 11.4. The summed E-state index contributed by atoms with van der Waals surface area (Å²) in [5.41, 5.74) is 6.48. The average Bonchev–Trinajstić information content (AvgIpc) is 2.72. The van der Waals surface area contributed by atoms with Gasteiger partial charge in [0.15, 0.2) is 5.96 Å². The van der Waals surface area contributed by atoms with Crippen LogP contribution in [0.4, 0.5) is 0 Å². The molecule has 2 saturated heterocycles. The number of rotatable bonds is 6. The molecule has 2 aliphatic heterocycles. The molecule has 3 N–H and O–H groups in total. The Morgan fingerprint density at radius 1 is 1.38 bits per heavy atom. The van der Waals surface area contributed by atoms with Gasteiger partial charge in [0.05, 0.1) is 6.54 Å². The molecule has 0 aliphatic carbocycles. The lowest BCUT2D eigenvalue weighted by molar-refractivity contribution is -0.119. The summed E-state index contributed by atoms with van der Waals surface area (Å²) in [6.45, 7) is 6.76. The van der Waals surface area contributed by atoms with Crippen LogP contribution in [0.15, 0.2) is 29.3 Å². The van der Waals surface area contributed by atoms with E-state index in [2.05, 4.69) is 23.2 Å². The minimum absolute atomic E-state index is 0.111. The van der Waals surface area contributed by atoms with E-state index < -0.39 is 0 Å². The Morgan fingerprint density at radius 3 is 2.83 bits per heavy atom. The molecule has 1 aromatic rings. The van der Waals surface area contributed by atoms with Gasteiger partial charge in [-0.15, -0.1) is 0 Å². The number of primary amides is 1. The fraction of sp³-hybridized carbons (Fsp3) is 0.636. The summed E-state index contributed by atoms with van der Waals surface area (Å²) in [5, 5.41) is 4.24. The first-order valence-corrected chi connectivity index (χ1v) is 11.1. The van der Waals surface area contributed by atoms with Gasteiger partial charge in [0.1, 0.15) is 0 Å². The van der Waals surface area contributed by atoms with Crippen LogP contribution in [0.3, 0.4) is 0 Å². The van der Waals surface area contributed by atoms with Crippen LogP contribution in [-0.2, 0) is 14.9 Å². The highest BCUT2D eigenvalue weighted by atomic mass is 35.5. The number of aliphatic imine (C=N–C) groups is 1. The Hall–Kier alpha value is -1.79. The summed E-state index contributed by atoms with van der Waals surface area (Å²) in [5.74, 6) is 0.990. The Morgan fingerprint density at radius 2 is 2.14 bits per heavy atom. The van der Waals surface area contributed by atoms with Gasteiger partial charge in [-0.3, -0.25) is 9.79 Å². The van der Waals surface area contributed by atoms with Crippen LogP contribution in [0.2, 0.25) is 5.02 Å². The first kappa shape index (κ1) is 21.9. The first-order valence-electron chi connectivity index (χ1n) is 10.7. The van der Waals surface area contributed by atoms with Gasteiger partial charge in [-0.25, -0.2) is 0 Å². The summed E-state index contributed by atoms with van der Waals surface area (Å²) >= 11 is 6.58. The number of benzene rings is 1. The van der Waals surface area contributed by atoms with Crippen LogP contribution < -0.4 is 11.1 Å². The molecule has 6 nitrogen and oxygen atoms in total. The van der Waals surface area contributed by atoms with E-state index in [-0.39, 0.29) is 11.3 Å². The molecule has 7 heteroatoms. The Balaban J connectivity index is 1.81. The Bertz CT molecular complexity index is 719. The van der Waals surface area contributed by atoms with Crippen molar-refractivity contribution in [3.63, 3.8) is 0 Å². The number of halogens is 1. The minimum Gasteiger partial charge on any atom is -0.381 e. The molecule has 1 atom stereocenters. The van der Waals surface area contributed by atoms with Gasteiger partial charge in [-0.05, 0) is 50.2 Å². The lowest BCUT2D eigenvalue weighted by Crippen LogP contribution is -2.48. The third kappa shape index (κ3) is 5.64. The van der Waals surface area contributed by atoms with Gasteiger partial charge in [0, 0.05) is 49.7 Å². The zero-order valence-corrected chi connectivity index (χ0v) is 18.1. The van der Waals surface area contributed by atoms with Crippen molar-refractivity contribution < 1.29 is 9.53 Å². The number of amides is 1. The lowest BCUT2D eigenvalue weighted by atomic mass is 9.74. The molecule has 0 aromatic heterocycles. The van der Waals surface area contributed by atoms with Gasteiger partial charge in [-0.1, -0.05) is 29.8 Å². The van der Waals surface area contributed by atoms with Gasteiger partial charge in [-0.2, -0.15) is 0 Å². The number of likely N-dealkylation sites (tertiary alicyclic amines) is 1. The molecule has 2 fully saturated rings. The molecule has 160 valence electrons. The number of hydrogen-bond donors (Lipinski definition) is 2. The fourth-order valence-corrected chi connectivity index (χ4v) is 4.86. The van der Waals surface area contributed by atoms with E-state index in [1.54, 1.807) is 0 Å². The number of nitrogens with one attached hydrogen (secondary N) is 1. The van der Waals surface area contributed by atoms with Gasteiger partial charge in [0.25, 0.3) is 0 Å². The number of nitrogens with two attached hydrogens (primary N) is 1. The molecule has 1 unspecified atom stereocenters. The fourth-order valence-electron chi connectivity index (χ4n) is 4.53. The van der Waals surface area contributed by atoms with Crippen LogP contribution in [0.25, 0.3) is 0 Å². The molecule has 29 heavy (non-hydrogen) atoms. The number of carbonyl (C=O) groups excluding carboxylic acids is 1. The third-order valence-electron chi connectivity index (χ3n) is 6.07. The van der Waals surface area contributed by atoms with E-state index in [1.165, 1.54) is 0 Å². The van der Waals surface area contributed by atoms with Crippen molar-refractivity contribution in [2.75, 3.05) is 39.4 Å². The Kier molecular flexibility index (Phi) is 7.78. The molecule has 1 amide bonds. The number of ether oxygens (including phenoxy) is 1. The van der Waals surface area contributed by atoms with E-state index in [4.69, 9.17) is 27.1 Å². The van der Waals surface area contributed by atoms with Crippen molar-refractivity contribution in [3.05, 3.63) is 34.9 Å². The van der Waals surface area contributed by atoms with Gasteiger partial charge >= 0.3 is 0 Å². The number of guanidine groups is 1. The van der Waals surface area contributed by atoms with Crippen LogP contribution in [0.1, 0.15) is 44.6 Å². The molecule has 2 heterocycles.